The van der Waals surface area contributed by atoms with Gasteiger partial charge in [-0.25, -0.2) is 4.99 Å². The van der Waals surface area contributed by atoms with Crippen molar-refractivity contribution in [2.45, 2.75) is 26.3 Å². The highest BCUT2D eigenvalue weighted by atomic mass is 127. The van der Waals surface area contributed by atoms with Gasteiger partial charge in [-0.05, 0) is 30.5 Å². The number of aliphatic imine (C=N–C) groups is 1. The molecular formula is C19H27IN4O2. The number of carbonyl (C=O) groups is 1. The van der Waals surface area contributed by atoms with Crippen LogP contribution in [-0.4, -0.2) is 31.5 Å². The molecular weight excluding hydrogens is 443 g/mol. The van der Waals surface area contributed by atoms with Gasteiger partial charge in [0.05, 0.1) is 12.8 Å². The topological polar surface area (TPSA) is 78.7 Å². The number of nitrogens with zero attached hydrogens (tertiary/aromatic N) is 1. The highest BCUT2D eigenvalue weighted by Gasteiger charge is 2.07. The molecule has 142 valence electrons. The highest BCUT2D eigenvalue weighted by Crippen LogP contribution is 2.12. The monoisotopic (exact) mass is 470 g/mol. The van der Waals surface area contributed by atoms with Crippen LogP contribution in [0.15, 0.2) is 58.1 Å². The van der Waals surface area contributed by atoms with Crippen molar-refractivity contribution < 1.29 is 9.21 Å². The Kier molecular flexibility index (Phi) is 10.5. The Morgan fingerprint density at radius 2 is 1.88 bits per heavy atom. The van der Waals surface area contributed by atoms with Crippen molar-refractivity contribution in [1.29, 1.82) is 0 Å². The zero-order valence-corrected chi connectivity index (χ0v) is 17.5. The van der Waals surface area contributed by atoms with Crippen molar-refractivity contribution in [3.63, 3.8) is 0 Å². The third-order valence-corrected chi connectivity index (χ3v) is 3.71. The van der Waals surface area contributed by atoms with Crippen LogP contribution in [0.5, 0.6) is 0 Å². The zero-order chi connectivity index (χ0) is 17.9. The normalized spacial score (nSPS) is 12.0. The van der Waals surface area contributed by atoms with Gasteiger partial charge in [0.15, 0.2) is 5.96 Å². The molecule has 1 heterocycles. The van der Waals surface area contributed by atoms with Crippen LogP contribution in [-0.2, 0) is 11.3 Å². The van der Waals surface area contributed by atoms with Crippen LogP contribution in [0, 0.1) is 0 Å². The van der Waals surface area contributed by atoms with E-state index in [2.05, 4.69) is 40.0 Å². The summed E-state index contributed by atoms with van der Waals surface area (Å²) in [4.78, 5) is 16.2. The predicted molar refractivity (Wildman–Crippen MR) is 115 cm³/mol. The molecule has 0 aliphatic rings. The average Bonchev–Trinajstić information content (AvgIpc) is 3.16. The molecule has 1 atom stereocenters. The van der Waals surface area contributed by atoms with E-state index in [1.807, 2.05) is 31.2 Å². The fourth-order valence-electron chi connectivity index (χ4n) is 2.30. The van der Waals surface area contributed by atoms with Crippen molar-refractivity contribution in [3.05, 3.63) is 60.1 Å². The van der Waals surface area contributed by atoms with E-state index in [4.69, 9.17) is 4.42 Å². The number of hydrogen-bond acceptors (Lipinski definition) is 3. The summed E-state index contributed by atoms with van der Waals surface area (Å²) in [5.74, 6) is 1.56. The van der Waals surface area contributed by atoms with E-state index in [-0.39, 0.29) is 36.4 Å². The molecule has 1 aromatic carbocycles. The van der Waals surface area contributed by atoms with Crippen LogP contribution in [0.2, 0.25) is 0 Å². The van der Waals surface area contributed by atoms with Crippen LogP contribution in [0.4, 0.5) is 0 Å². The van der Waals surface area contributed by atoms with Gasteiger partial charge in [-0.15, -0.1) is 24.0 Å². The molecule has 0 spiro atoms. The average molecular weight is 470 g/mol. The van der Waals surface area contributed by atoms with Gasteiger partial charge in [-0.2, -0.15) is 0 Å². The lowest BCUT2D eigenvalue weighted by Gasteiger charge is -2.16. The first kappa shape index (κ1) is 22.0. The molecule has 1 amide bonds. The lowest BCUT2D eigenvalue weighted by molar-refractivity contribution is -0.119. The second-order valence-electron chi connectivity index (χ2n) is 5.74. The largest absolute Gasteiger partial charge is 0.467 e. The fourth-order valence-corrected chi connectivity index (χ4v) is 2.30. The first-order valence-electron chi connectivity index (χ1n) is 8.55. The number of rotatable bonds is 8. The molecule has 7 heteroatoms. The van der Waals surface area contributed by atoms with E-state index < -0.39 is 0 Å². The summed E-state index contributed by atoms with van der Waals surface area (Å²) in [6.45, 7) is 6.06. The van der Waals surface area contributed by atoms with Crippen molar-refractivity contribution in [2.75, 3.05) is 19.6 Å². The molecule has 0 aliphatic carbocycles. The molecule has 2 aromatic rings. The first-order chi connectivity index (χ1) is 12.2. The van der Waals surface area contributed by atoms with Crippen LogP contribution >= 0.6 is 24.0 Å². The van der Waals surface area contributed by atoms with Crippen molar-refractivity contribution in [1.82, 2.24) is 16.0 Å². The Hall–Kier alpha value is -2.03. The molecule has 0 bridgehead atoms. The maximum atomic E-state index is 11.9. The molecule has 0 radical (unpaired) electrons. The van der Waals surface area contributed by atoms with Crippen molar-refractivity contribution in [2.24, 2.45) is 4.99 Å². The molecule has 1 aromatic heterocycles. The SMILES string of the molecule is CCNC(=NCC(=O)NCc1ccco1)NCC(C)c1ccccc1.I. The highest BCUT2D eigenvalue weighted by molar-refractivity contribution is 14.0. The molecule has 0 fully saturated rings. The minimum Gasteiger partial charge on any atom is -0.467 e. The van der Waals surface area contributed by atoms with Gasteiger partial charge in [0.1, 0.15) is 12.3 Å². The third-order valence-electron chi connectivity index (χ3n) is 3.71. The summed E-state index contributed by atoms with van der Waals surface area (Å²) in [7, 11) is 0. The molecule has 6 nitrogen and oxygen atoms in total. The summed E-state index contributed by atoms with van der Waals surface area (Å²) in [6, 6.07) is 13.9. The van der Waals surface area contributed by atoms with Crippen LogP contribution < -0.4 is 16.0 Å². The van der Waals surface area contributed by atoms with Crippen molar-refractivity contribution in [3.8, 4) is 0 Å². The van der Waals surface area contributed by atoms with E-state index in [0.717, 1.165) is 18.8 Å². The van der Waals surface area contributed by atoms with Gasteiger partial charge in [0, 0.05) is 13.1 Å². The number of benzene rings is 1. The lowest BCUT2D eigenvalue weighted by Crippen LogP contribution is -2.40. The number of furan rings is 1. The smallest absolute Gasteiger partial charge is 0.242 e. The first-order valence-corrected chi connectivity index (χ1v) is 8.55. The van der Waals surface area contributed by atoms with Crippen LogP contribution in [0.3, 0.4) is 0 Å². The Labute approximate surface area is 171 Å². The molecule has 3 N–H and O–H groups in total. The third kappa shape index (κ3) is 7.90. The van der Waals surface area contributed by atoms with Gasteiger partial charge in [-0.3, -0.25) is 4.79 Å². The minimum absolute atomic E-state index is 0. The van der Waals surface area contributed by atoms with E-state index in [0.29, 0.717) is 18.4 Å². The van der Waals surface area contributed by atoms with Gasteiger partial charge in [0.25, 0.3) is 0 Å². The van der Waals surface area contributed by atoms with Crippen molar-refractivity contribution >= 4 is 35.8 Å². The summed E-state index contributed by atoms with van der Waals surface area (Å²) >= 11 is 0. The van der Waals surface area contributed by atoms with Gasteiger partial charge >= 0.3 is 0 Å². The quantitative estimate of drug-likeness (QED) is 0.315. The number of amides is 1. The minimum atomic E-state index is -0.148. The summed E-state index contributed by atoms with van der Waals surface area (Å²) in [6.07, 6.45) is 1.58. The Balaban J connectivity index is 0.00000338. The second-order valence-corrected chi connectivity index (χ2v) is 5.74. The van der Waals surface area contributed by atoms with Gasteiger partial charge in [0.2, 0.25) is 5.91 Å². The number of carbonyl (C=O) groups excluding carboxylic acids is 1. The van der Waals surface area contributed by atoms with Gasteiger partial charge < -0.3 is 20.4 Å². The Morgan fingerprint density at radius 1 is 1.12 bits per heavy atom. The number of guanidine groups is 1. The summed E-state index contributed by atoms with van der Waals surface area (Å²) in [5, 5.41) is 9.22. The maximum absolute atomic E-state index is 11.9. The van der Waals surface area contributed by atoms with Gasteiger partial charge in [-0.1, -0.05) is 37.3 Å². The summed E-state index contributed by atoms with van der Waals surface area (Å²) < 4.78 is 5.18. The standard InChI is InChI=1S/C19H26N4O2.HI/c1-3-20-19(22-12-15(2)16-8-5-4-6-9-16)23-14-18(24)21-13-17-10-7-11-25-17;/h4-11,15H,3,12-14H2,1-2H3,(H,21,24)(H2,20,22,23);1H. The Bertz CT molecular complexity index is 659. The Morgan fingerprint density at radius 3 is 2.54 bits per heavy atom. The van der Waals surface area contributed by atoms with E-state index in [9.17, 15) is 4.79 Å². The molecule has 2 rings (SSSR count). The number of hydrogen-bond donors (Lipinski definition) is 3. The molecule has 26 heavy (non-hydrogen) atoms. The van der Waals surface area contributed by atoms with E-state index >= 15 is 0 Å². The van der Waals surface area contributed by atoms with E-state index in [1.54, 1.807) is 12.3 Å². The maximum Gasteiger partial charge on any atom is 0.242 e. The molecule has 1 unspecified atom stereocenters. The zero-order valence-electron chi connectivity index (χ0n) is 15.2. The molecule has 0 saturated heterocycles. The lowest BCUT2D eigenvalue weighted by atomic mass is 10.0. The van der Waals surface area contributed by atoms with E-state index in [1.165, 1.54) is 5.56 Å². The number of nitrogens with one attached hydrogen (secondary N) is 3. The van der Waals surface area contributed by atoms with Crippen LogP contribution in [0.1, 0.15) is 31.1 Å². The predicted octanol–water partition coefficient (Wildman–Crippen LogP) is 2.87. The molecule has 0 aliphatic heterocycles. The van der Waals surface area contributed by atoms with Crippen LogP contribution in [0.25, 0.3) is 0 Å². The summed E-state index contributed by atoms with van der Waals surface area (Å²) in [5.41, 5.74) is 1.27. The molecule has 0 saturated carbocycles. The number of halogens is 1. The fraction of sp³-hybridized carbons (Fsp3) is 0.368. The second kappa shape index (κ2) is 12.3.